The molecule has 7 heteroatoms. The van der Waals surface area contributed by atoms with Crippen molar-refractivity contribution >= 4 is 5.69 Å². The normalized spacial score (nSPS) is 25.7. The smallest absolute Gasteiger partial charge is 0.361 e. The Balaban J connectivity index is 2.00. The second kappa shape index (κ2) is 4.55. The van der Waals surface area contributed by atoms with Crippen LogP contribution in [0, 0.1) is 0 Å². The van der Waals surface area contributed by atoms with Gasteiger partial charge in [0.25, 0.3) is 0 Å². The van der Waals surface area contributed by atoms with Crippen LogP contribution >= 0.6 is 0 Å². The number of nitrogens with zero attached hydrogens (tertiary/aromatic N) is 1. The van der Waals surface area contributed by atoms with Gasteiger partial charge in [0, 0.05) is 17.8 Å². The summed E-state index contributed by atoms with van der Waals surface area (Å²) >= 11 is 0. The molecule has 1 aromatic carbocycles. The molecule has 1 aromatic rings. The van der Waals surface area contributed by atoms with Crippen molar-refractivity contribution in [2.75, 3.05) is 4.90 Å². The molecule has 1 nitrogen and oxygen atoms in total. The summed E-state index contributed by atoms with van der Waals surface area (Å²) in [7, 11) is 0. The SMILES string of the molecule is FC(F)(F)c1cc(N2C3CCCCC32)cc(C(F)(F)F)c1. The van der Waals surface area contributed by atoms with Crippen molar-refractivity contribution in [1.82, 2.24) is 0 Å². The first-order valence-corrected chi connectivity index (χ1v) is 6.76. The second-order valence-corrected chi connectivity index (χ2v) is 5.59. The molecule has 0 aromatic heterocycles. The predicted molar refractivity (Wildman–Crippen MR) is 65.0 cm³/mol. The summed E-state index contributed by atoms with van der Waals surface area (Å²) in [5.41, 5.74) is -2.44. The lowest BCUT2D eigenvalue weighted by atomic mass is 10.0. The Labute approximate surface area is 117 Å². The molecular formula is C14H13F6N. The highest BCUT2D eigenvalue weighted by molar-refractivity contribution is 5.60. The van der Waals surface area contributed by atoms with Crippen LogP contribution in [-0.4, -0.2) is 12.1 Å². The van der Waals surface area contributed by atoms with Gasteiger partial charge in [-0.25, -0.2) is 0 Å². The number of halogens is 6. The van der Waals surface area contributed by atoms with Crippen molar-refractivity contribution in [2.45, 2.75) is 50.1 Å². The van der Waals surface area contributed by atoms with Gasteiger partial charge in [0.05, 0.1) is 11.1 Å². The molecule has 2 aliphatic rings. The van der Waals surface area contributed by atoms with E-state index in [9.17, 15) is 26.3 Å². The van der Waals surface area contributed by atoms with E-state index < -0.39 is 23.5 Å². The molecule has 0 amide bonds. The van der Waals surface area contributed by atoms with Gasteiger partial charge >= 0.3 is 12.4 Å². The van der Waals surface area contributed by atoms with Crippen molar-refractivity contribution in [2.24, 2.45) is 0 Å². The van der Waals surface area contributed by atoms with E-state index in [1.165, 1.54) is 0 Å². The molecular weight excluding hydrogens is 296 g/mol. The summed E-state index contributed by atoms with van der Waals surface area (Å²) in [6.07, 6.45) is -5.94. The molecule has 0 bridgehead atoms. The summed E-state index contributed by atoms with van der Waals surface area (Å²) in [6.45, 7) is 0. The Morgan fingerprint density at radius 1 is 0.762 bits per heavy atom. The first-order chi connectivity index (χ1) is 9.68. The van der Waals surface area contributed by atoms with Crippen molar-refractivity contribution in [3.05, 3.63) is 29.3 Å². The minimum absolute atomic E-state index is 0.0362. The van der Waals surface area contributed by atoms with Crippen molar-refractivity contribution in [1.29, 1.82) is 0 Å². The van der Waals surface area contributed by atoms with Gasteiger partial charge in [-0.2, -0.15) is 26.3 Å². The van der Waals surface area contributed by atoms with Gasteiger partial charge in [-0.15, -0.1) is 0 Å². The minimum atomic E-state index is -4.78. The van der Waals surface area contributed by atoms with E-state index in [4.69, 9.17) is 0 Å². The maximum Gasteiger partial charge on any atom is 0.416 e. The van der Waals surface area contributed by atoms with Gasteiger partial charge in [-0.1, -0.05) is 12.8 Å². The van der Waals surface area contributed by atoms with Gasteiger partial charge < -0.3 is 4.90 Å². The number of anilines is 1. The standard InChI is InChI=1S/C14H13F6N/c15-13(16,17)8-5-9(14(18,19)20)7-10(6-8)21-11-3-1-2-4-12(11)21/h5-7,11-12H,1-4H2. The highest BCUT2D eigenvalue weighted by Gasteiger charge is 2.49. The highest BCUT2D eigenvalue weighted by Crippen LogP contribution is 2.47. The van der Waals surface area contributed by atoms with E-state index >= 15 is 0 Å². The maximum atomic E-state index is 12.8. The third-order valence-electron chi connectivity index (χ3n) is 4.19. The Bertz CT molecular complexity index is 503. The van der Waals surface area contributed by atoms with E-state index in [1.807, 2.05) is 0 Å². The number of fused-ring (bicyclic) bond motifs is 1. The van der Waals surface area contributed by atoms with Gasteiger partial charge in [0.1, 0.15) is 0 Å². The quantitative estimate of drug-likeness (QED) is 0.529. The Kier molecular flexibility index (Phi) is 3.15. The summed E-state index contributed by atoms with van der Waals surface area (Å²) in [5, 5.41) is 0. The zero-order chi connectivity index (χ0) is 15.4. The maximum absolute atomic E-state index is 12.8. The molecule has 2 fully saturated rings. The molecule has 2 unspecified atom stereocenters. The Morgan fingerprint density at radius 3 is 1.57 bits per heavy atom. The zero-order valence-electron chi connectivity index (χ0n) is 10.9. The van der Waals surface area contributed by atoms with E-state index in [0.29, 0.717) is 0 Å². The van der Waals surface area contributed by atoms with E-state index in [0.717, 1.165) is 37.8 Å². The van der Waals surface area contributed by atoms with Crippen LogP contribution in [-0.2, 0) is 12.4 Å². The monoisotopic (exact) mass is 309 g/mol. The largest absolute Gasteiger partial charge is 0.416 e. The third kappa shape index (κ3) is 2.70. The van der Waals surface area contributed by atoms with Crippen LogP contribution in [0.3, 0.4) is 0 Å². The average molecular weight is 309 g/mol. The fraction of sp³-hybridized carbons (Fsp3) is 0.571. The summed E-state index contributed by atoms with van der Waals surface area (Å²) in [4.78, 5) is 1.69. The van der Waals surface area contributed by atoms with E-state index in [1.54, 1.807) is 4.90 Å². The minimum Gasteiger partial charge on any atom is -0.361 e. The molecule has 3 rings (SSSR count). The Morgan fingerprint density at radius 2 is 1.19 bits per heavy atom. The fourth-order valence-corrected chi connectivity index (χ4v) is 3.18. The lowest BCUT2D eigenvalue weighted by molar-refractivity contribution is -0.143. The van der Waals surface area contributed by atoms with Gasteiger partial charge in [-0.3, -0.25) is 0 Å². The highest BCUT2D eigenvalue weighted by atomic mass is 19.4. The van der Waals surface area contributed by atoms with Gasteiger partial charge in [0.2, 0.25) is 0 Å². The summed E-state index contributed by atoms with van der Waals surface area (Å²) in [6, 6.07) is 2.03. The molecule has 1 saturated heterocycles. The molecule has 0 N–H and O–H groups in total. The third-order valence-corrected chi connectivity index (χ3v) is 4.19. The van der Waals surface area contributed by atoms with Crippen LogP contribution in [0.2, 0.25) is 0 Å². The molecule has 0 spiro atoms. The number of hydrogen-bond donors (Lipinski definition) is 0. The number of benzene rings is 1. The molecule has 2 atom stereocenters. The molecule has 21 heavy (non-hydrogen) atoms. The molecule has 116 valence electrons. The van der Waals surface area contributed by atoms with Crippen LogP contribution in [0.1, 0.15) is 36.8 Å². The molecule has 1 saturated carbocycles. The van der Waals surface area contributed by atoms with Crippen LogP contribution < -0.4 is 4.90 Å². The number of alkyl halides is 6. The van der Waals surface area contributed by atoms with Crippen molar-refractivity contribution in [3.8, 4) is 0 Å². The number of hydrogen-bond acceptors (Lipinski definition) is 1. The summed E-state index contributed by atoms with van der Waals surface area (Å²) in [5.74, 6) is 0. The van der Waals surface area contributed by atoms with Crippen LogP contribution in [0.5, 0.6) is 0 Å². The van der Waals surface area contributed by atoms with E-state index in [2.05, 4.69) is 0 Å². The lowest BCUT2D eigenvalue weighted by Crippen LogP contribution is -2.12. The number of rotatable bonds is 1. The van der Waals surface area contributed by atoms with Crippen molar-refractivity contribution in [3.63, 3.8) is 0 Å². The molecule has 1 aliphatic carbocycles. The van der Waals surface area contributed by atoms with Gasteiger partial charge in [0.15, 0.2) is 0 Å². The first kappa shape index (κ1) is 14.5. The molecule has 1 heterocycles. The topological polar surface area (TPSA) is 3.01 Å². The molecule has 0 radical (unpaired) electrons. The first-order valence-electron chi connectivity index (χ1n) is 6.76. The summed E-state index contributed by atoms with van der Waals surface area (Å²) < 4.78 is 76.8. The molecule has 1 aliphatic heterocycles. The van der Waals surface area contributed by atoms with Gasteiger partial charge in [-0.05, 0) is 31.0 Å². The predicted octanol–water partition coefficient (Wildman–Crippen LogP) is 4.86. The Hall–Kier alpha value is -1.40. The van der Waals surface area contributed by atoms with E-state index in [-0.39, 0.29) is 23.8 Å². The van der Waals surface area contributed by atoms with Crippen LogP contribution in [0.25, 0.3) is 0 Å². The van der Waals surface area contributed by atoms with Crippen molar-refractivity contribution < 1.29 is 26.3 Å². The average Bonchev–Trinajstić information content (AvgIpc) is 3.10. The lowest BCUT2D eigenvalue weighted by Gasteiger charge is -2.15. The van der Waals surface area contributed by atoms with Crippen LogP contribution in [0.15, 0.2) is 18.2 Å². The van der Waals surface area contributed by atoms with Crippen LogP contribution in [0.4, 0.5) is 32.0 Å². The second-order valence-electron chi connectivity index (χ2n) is 5.59. The fourth-order valence-electron chi connectivity index (χ4n) is 3.18. The zero-order valence-corrected chi connectivity index (χ0v) is 10.9.